The molecule has 0 fully saturated rings. The van der Waals surface area contributed by atoms with Gasteiger partial charge in [0.2, 0.25) is 5.91 Å². The number of nitrogens with two attached hydrogens (primary N) is 1. The van der Waals surface area contributed by atoms with E-state index in [-0.39, 0.29) is 5.04 Å². The maximum Gasteiger partial charge on any atom is 0.248 e. The van der Waals surface area contributed by atoms with Gasteiger partial charge in [-0.2, -0.15) is 0 Å². The zero-order valence-corrected chi connectivity index (χ0v) is 14.7. The first-order valence-corrected chi connectivity index (χ1v) is 10.2. The molecule has 5 heteroatoms. The van der Waals surface area contributed by atoms with E-state index in [1.165, 1.54) is 0 Å². The van der Waals surface area contributed by atoms with Gasteiger partial charge in [-0.3, -0.25) is 4.79 Å². The van der Waals surface area contributed by atoms with Crippen molar-refractivity contribution in [1.82, 2.24) is 0 Å². The maximum atomic E-state index is 11.1. The van der Waals surface area contributed by atoms with E-state index in [4.69, 9.17) is 14.9 Å². The Morgan fingerprint density at radius 3 is 2.48 bits per heavy atom. The molecule has 0 aromatic heterocycles. The Hall–Kier alpha value is -1.33. The largest absolute Gasteiger partial charge is 0.493 e. The van der Waals surface area contributed by atoms with Crippen LogP contribution in [0.4, 0.5) is 0 Å². The van der Waals surface area contributed by atoms with Crippen molar-refractivity contribution in [3.8, 4) is 5.75 Å². The molecule has 0 radical (unpaired) electrons. The molecular weight excluding hydrogens is 282 g/mol. The summed E-state index contributed by atoms with van der Waals surface area (Å²) in [6, 6.07) is 6.93. The molecule has 2 N–H and O–H groups in total. The van der Waals surface area contributed by atoms with E-state index in [0.29, 0.717) is 24.5 Å². The Morgan fingerprint density at radius 2 is 1.90 bits per heavy atom. The van der Waals surface area contributed by atoms with E-state index in [1.54, 1.807) is 18.2 Å². The number of ether oxygens (including phenoxy) is 1. The molecule has 0 saturated heterocycles. The van der Waals surface area contributed by atoms with E-state index < -0.39 is 14.2 Å². The van der Waals surface area contributed by atoms with Crippen molar-refractivity contribution in [3.63, 3.8) is 0 Å². The minimum atomic E-state index is -1.67. The molecule has 0 spiro atoms. The normalized spacial score (nSPS) is 12.2. The smallest absolute Gasteiger partial charge is 0.248 e. The first kappa shape index (κ1) is 17.7. The van der Waals surface area contributed by atoms with Gasteiger partial charge < -0.3 is 14.9 Å². The molecule has 0 aliphatic heterocycles. The Kier molecular flexibility index (Phi) is 5.98. The Balaban J connectivity index is 2.35. The number of rotatable bonds is 7. The summed E-state index contributed by atoms with van der Waals surface area (Å²) in [4.78, 5) is 11.1. The van der Waals surface area contributed by atoms with Crippen LogP contribution < -0.4 is 10.5 Å². The average molecular weight is 309 g/mol. The first-order valence-electron chi connectivity index (χ1n) is 7.30. The van der Waals surface area contributed by atoms with Gasteiger partial charge in [0.15, 0.2) is 8.32 Å². The summed E-state index contributed by atoms with van der Waals surface area (Å²) in [6.07, 6.45) is 0.827. The second-order valence-corrected chi connectivity index (χ2v) is 11.5. The zero-order valence-electron chi connectivity index (χ0n) is 13.7. The lowest BCUT2D eigenvalue weighted by Gasteiger charge is -2.36. The van der Waals surface area contributed by atoms with Crippen LogP contribution in [0.3, 0.4) is 0 Å². The third-order valence-electron chi connectivity index (χ3n) is 3.95. The van der Waals surface area contributed by atoms with Crippen LogP contribution in [0.1, 0.15) is 37.6 Å². The summed E-state index contributed by atoms with van der Waals surface area (Å²) in [5.74, 6) is 0.223. The van der Waals surface area contributed by atoms with Crippen LogP contribution >= 0.6 is 0 Å². The van der Waals surface area contributed by atoms with Crippen molar-refractivity contribution in [2.75, 3.05) is 13.2 Å². The predicted molar refractivity (Wildman–Crippen MR) is 88.2 cm³/mol. The minimum Gasteiger partial charge on any atom is -0.493 e. The van der Waals surface area contributed by atoms with Crippen LogP contribution in [0.15, 0.2) is 24.3 Å². The van der Waals surface area contributed by atoms with Crippen molar-refractivity contribution in [2.45, 2.75) is 45.3 Å². The molecule has 0 aliphatic rings. The molecule has 21 heavy (non-hydrogen) atoms. The number of carbonyl (C=O) groups is 1. The van der Waals surface area contributed by atoms with Crippen LogP contribution in [0, 0.1) is 0 Å². The van der Waals surface area contributed by atoms with Gasteiger partial charge >= 0.3 is 0 Å². The van der Waals surface area contributed by atoms with Crippen molar-refractivity contribution in [1.29, 1.82) is 0 Å². The molecule has 4 nitrogen and oxygen atoms in total. The molecule has 0 unspecified atom stereocenters. The highest BCUT2D eigenvalue weighted by atomic mass is 28.4. The predicted octanol–water partition coefficient (Wildman–Crippen LogP) is 3.58. The van der Waals surface area contributed by atoms with Crippen molar-refractivity contribution >= 4 is 14.2 Å². The molecule has 1 rings (SSSR count). The third-order valence-corrected chi connectivity index (χ3v) is 8.48. The average Bonchev–Trinajstić information content (AvgIpc) is 2.37. The number of hydrogen-bond acceptors (Lipinski definition) is 3. The van der Waals surface area contributed by atoms with Gasteiger partial charge in [0, 0.05) is 18.6 Å². The van der Waals surface area contributed by atoms with E-state index >= 15 is 0 Å². The lowest BCUT2D eigenvalue weighted by Crippen LogP contribution is -2.41. The fourth-order valence-corrected chi connectivity index (χ4v) is 2.62. The lowest BCUT2D eigenvalue weighted by atomic mass is 10.2. The lowest BCUT2D eigenvalue weighted by molar-refractivity contribution is 0.0999. The molecule has 0 heterocycles. The molecule has 1 aromatic carbocycles. The Labute approximate surface area is 128 Å². The van der Waals surface area contributed by atoms with Crippen LogP contribution in [0.25, 0.3) is 0 Å². The number of carbonyl (C=O) groups excluding carboxylic acids is 1. The summed E-state index contributed by atoms with van der Waals surface area (Å²) < 4.78 is 11.7. The highest BCUT2D eigenvalue weighted by molar-refractivity contribution is 6.74. The van der Waals surface area contributed by atoms with Gasteiger partial charge in [0.1, 0.15) is 5.75 Å². The summed E-state index contributed by atoms with van der Waals surface area (Å²) >= 11 is 0. The minimum absolute atomic E-state index is 0.226. The summed E-state index contributed by atoms with van der Waals surface area (Å²) in [5, 5.41) is 0.226. The van der Waals surface area contributed by atoms with Crippen LogP contribution in [0.5, 0.6) is 5.75 Å². The van der Waals surface area contributed by atoms with Gasteiger partial charge in [0.25, 0.3) is 0 Å². The third kappa shape index (κ3) is 5.51. The number of benzene rings is 1. The van der Waals surface area contributed by atoms with Gasteiger partial charge in [-0.1, -0.05) is 26.8 Å². The topological polar surface area (TPSA) is 61.6 Å². The summed E-state index contributed by atoms with van der Waals surface area (Å²) in [6.45, 7) is 12.4. The fraction of sp³-hybridized carbons (Fsp3) is 0.562. The summed E-state index contributed by atoms with van der Waals surface area (Å²) in [5.41, 5.74) is 5.70. The molecule has 118 valence electrons. The Morgan fingerprint density at radius 1 is 1.24 bits per heavy atom. The van der Waals surface area contributed by atoms with E-state index in [1.807, 2.05) is 6.07 Å². The molecular formula is C16H27NO3Si. The van der Waals surface area contributed by atoms with E-state index in [9.17, 15) is 4.79 Å². The monoisotopic (exact) mass is 309 g/mol. The first-order chi connectivity index (χ1) is 9.63. The van der Waals surface area contributed by atoms with Crippen LogP contribution in [-0.4, -0.2) is 27.4 Å². The Bertz CT molecular complexity index is 481. The van der Waals surface area contributed by atoms with Crippen molar-refractivity contribution < 1.29 is 14.0 Å². The SMILES string of the molecule is CC(C)(C)[Si](C)(C)OCCCOc1cccc(C(N)=O)c1. The number of amides is 1. The summed E-state index contributed by atoms with van der Waals surface area (Å²) in [7, 11) is -1.67. The van der Waals surface area contributed by atoms with Gasteiger partial charge in [-0.05, 0) is 36.3 Å². The molecule has 0 aliphatic carbocycles. The fourth-order valence-electron chi connectivity index (χ4n) is 1.53. The van der Waals surface area contributed by atoms with Gasteiger partial charge in [-0.25, -0.2) is 0 Å². The molecule has 0 atom stereocenters. The second-order valence-electron chi connectivity index (χ2n) is 6.70. The molecule has 1 amide bonds. The molecule has 1 aromatic rings. The quantitative estimate of drug-likeness (QED) is 0.618. The molecule has 0 saturated carbocycles. The van der Waals surface area contributed by atoms with Crippen LogP contribution in [-0.2, 0) is 4.43 Å². The molecule has 0 bridgehead atoms. The zero-order chi connectivity index (χ0) is 16.1. The van der Waals surface area contributed by atoms with E-state index in [0.717, 1.165) is 6.42 Å². The maximum absolute atomic E-state index is 11.1. The van der Waals surface area contributed by atoms with Crippen molar-refractivity contribution in [2.24, 2.45) is 5.73 Å². The van der Waals surface area contributed by atoms with Gasteiger partial charge in [-0.15, -0.1) is 0 Å². The highest BCUT2D eigenvalue weighted by Gasteiger charge is 2.36. The highest BCUT2D eigenvalue weighted by Crippen LogP contribution is 2.36. The van der Waals surface area contributed by atoms with E-state index in [2.05, 4.69) is 33.9 Å². The standard InChI is InChI=1S/C16H27NO3Si/c1-16(2,3)21(4,5)20-11-7-10-19-14-9-6-8-13(12-14)15(17)18/h6,8-9,12H,7,10-11H2,1-5H3,(H2,17,18). The number of primary amides is 1. The number of hydrogen-bond donors (Lipinski definition) is 1. The van der Waals surface area contributed by atoms with Crippen molar-refractivity contribution in [3.05, 3.63) is 29.8 Å². The van der Waals surface area contributed by atoms with Crippen LogP contribution in [0.2, 0.25) is 18.1 Å². The van der Waals surface area contributed by atoms with Gasteiger partial charge in [0.05, 0.1) is 6.61 Å². The second kappa shape index (κ2) is 7.09.